The number of carbonyl (C=O) groups excluding carboxylic acids is 1. The maximum Gasteiger partial charge on any atom is 0.307 e. The van der Waals surface area contributed by atoms with Gasteiger partial charge in [0.1, 0.15) is 0 Å². The lowest BCUT2D eigenvalue weighted by Gasteiger charge is -2.18. The number of carbonyl (C=O) groups is 1. The molecule has 0 heterocycles. The average molecular weight is 257 g/mol. The molecule has 0 spiro atoms. The fourth-order valence-electron chi connectivity index (χ4n) is 1.97. The van der Waals surface area contributed by atoms with E-state index in [-0.39, 0.29) is 5.97 Å². The minimum atomic E-state index is -0.0446. The fourth-order valence-corrected chi connectivity index (χ4v) is 1.97. The molecule has 0 radical (unpaired) electrons. The second-order valence-corrected chi connectivity index (χ2v) is 4.88. The molecule has 0 aliphatic heterocycles. The lowest BCUT2D eigenvalue weighted by Crippen LogP contribution is -2.26. The van der Waals surface area contributed by atoms with Crippen LogP contribution < -0.4 is 0 Å². The van der Waals surface area contributed by atoms with Gasteiger partial charge in [0.15, 0.2) is 0 Å². The first-order chi connectivity index (χ1) is 8.67. The molecule has 18 heavy (non-hydrogen) atoms. The Labute approximate surface area is 113 Å². The molecule has 0 saturated heterocycles. The summed E-state index contributed by atoms with van der Waals surface area (Å²) in [4.78, 5) is 13.9. The van der Waals surface area contributed by atoms with Crippen molar-refractivity contribution in [3.05, 3.63) is 0 Å². The highest BCUT2D eigenvalue weighted by Gasteiger charge is 2.10. The standard InChI is InChI=1S/C15H31NO2/c1-5-9-10-14(6-2)13-18-15(17)11-12-16(7-3)8-4/h14H,5-13H2,1-4H3. The van der Waals surface area contributed by atoms with E-state index in [4.69, 9.17) is 4.74 Å². The number of rotatable bonds is 11. The van der Waals surface area contributed by atoms with E-state index in [0.29, 0.717) is 18.9 Å². The molecule has 0 aromatic carbocycles. The Bertz CT molecular complexity index is 203. The highest BCUT2D eigenvalue weighted by molar-refractivity contribution is 5.69. The lowest BCUT2D eigenvalue weighted by atomic mass is 10.0. The normalized spacial score (nSPS) is 12.7. The van der Waals surface area contributed by atoms with Gasteiger partial charge in [0.2, 0.25) is 0 Å². The summed E-state index contributed by atoms with van der Waals surface area (Å²) in [6.45, 7) is 12.0. The molecule has 3 heteroatoms. The molecule has 0 rings (SSSR count). The third-order valence-electron chi connectivity index (χ3n) is 3.55. The van der Waals surface area contributed by atoms with Gasteiger partial charge in [-0.3, -0.25) is 4.79 Å². The zero-order valence-electron chi connectivity index (χ0n) is 12.7. The zero-order chi connectivity index (χ0) is 13.8. The van der Waals surface area contributed by atoms with Crippen molar-refractivity contribution in [3.63, 3.8) is 0 Å². The van der Waals surface area contributed by atoms with Gasteiger partial charge in [-0.15, -0.1) is 0 Å². The molecule has 1 unspecified atom stereocenters. The Balaban J connectivity index is 3.73. The summed E-state index contributed by atoms with van der Waals surface area (Å²) in [5.41, 5.74) is 0. The molecule has 0 aromatic rings. The van der Waals surface area contributed by atoms with Gasteiger partial charge in [-0.25, -0.2) is 0 Å². The lowest BCUT2D eigenvalue weighted by molar-refractivity contribution is -0.145. The van der Waals surface area contributed by atoms with Crippen LogP contribution >= 0.6 is 0 Å². The Morgan fingerprint density at radius 2 is 1.83 bits per heavy atom. The second kappa shape index (κ2) is 11.5. The summed E-state index contributed by atoms with van der Waals surface area (Å²) in [6, 6.07) is 0. The van der Waals surface area contributed by atoms with Crippen molar-refractivity contribution in [2.45, 2.75) is 59.8 Å². The fraction of sp³-hybridized carbons (Fsp3) is 0.933. The molecule has 0 saturated carbocycles. The van der Waals surface area contributed by atoms with Crippen LogP contribution in [0.15, 0.2) is 0 Å². The first kappa shape index (κ1) is 17.4. The molecule has 0 amide bonds. The van der Waals surface area contributed by atoms with Gasteiger partial charge >= 0.3 is 5.97 Å². The molecule has 108 valence electrons. The third-order valence-corrected chi connectivity index (χ3v) is 3.55. The Morgan fingerprint density at radius 1 is 1.17 bits per heavy atom. The Morgan fingerprint density at radius 3 is 2.33 bits per heavy atom. The Hall–Kier alpha value is -0.570. The van der Waals surface area contributed by atoms with Gasteiger partial charge in [-0.2, -0.15) is 0 Å². The minimum Gasteiger partial charge on any atom is -0.465 e. The highest BCUT2D eigenvalue weighted by Crippen LogP contribution is 2.13. The number of hydrogen-bond donors (Lipinski definition) is 0. The molecule has 0 bridgehead atoms. The van der Waals surface area contributed by atoms with Crippen molar-refractivity contribution in [1.29, 1.82) is 0 Å². The summed E-state index contributed by atoms with van der Waals surface area (Å²) < 4.78 is 5.37. The second-order valence-electron chi connectivity index (χ2n) is 4.88. The zero-order valence-corrected chi connectivity index (χ0v) is 12.7. The number of nitrogens with zero attached hydrogens (tertiary/aromatic N) is 1. The van der Waals surface area contributed by atoms with Crippen molar-refractivity contribution >= 4 is 5.97 Å². The van der Waals surface area contributed by atoms with Gasteiger partial charge in [-0.05, 0) is 25.4 Å². The number of unbranched alkanes of at least 4 members (excludes halogenated alkanes) is 1. The summed E-state index contributed by atoms with van der Waals surface area (Å²) in [5.74, 6) is 0.499. The Kier molecular flexibility index (Phi) is 11.2. The van der Waals surface area contributed by atoms with E-state index in [0.717, 1.165) is 26.1 Å². The van der Waals surface area contributed by atoms with E-state index in [1.165, 1.54) is 19.3 Å². The van der Waals surface area contributed by atoms with E-state index in [9.17, 15) is 4.79 Å². The first-order valence-electron chi connectivity index (χ1n) is 7.55. The molecule has 3 nitrogen and oxygen atoms in total. The van der Waals surface area contributed by atoms with Crippen molar-refractivity contribution in [1.82, 2.24) is 4.90 Å². The molecule has 0 aliphatic rings. The van der Waals surface area contributed by atoms with Crippen LogP contribution in [0.2, 0.25) is 0 Å². The molecule has 0 aliphatic carbocycles. The number of hydrogen-bond acceptors (Lipinski definition) is 3. The molecule has 1 atom stereocenters. The summed E-state index contributed by atoms with van der Waals surface area (Å²) in [5, 5.41) is 0. The summed E-state index contributed by atoms with van der Waals surface area (Å²) >= 11 is 0. The quantitative estimate of drug-likeness (QED) is 0.531. The number of esters is 1. The van der Waals surface area contributed by atoms with E-state index >= 15 is 0 Å². The smallest absolute Gasteiger partial charge is 0.307 e. The van der Waals surface area contributed by atoms with E-state index in [2.05, 4.69) is 32.6 Å². The molecule has 0 fully saturated rings. The largest absolute Gasteiger partial charge is 0.465 e. The van der Waals surface area contributed by atoms with Crippen LogP contribution in [0.25, 0.3) is 0 Å². The average Bonchev–Trinajstić information content (AvgIpc) is 2.40. The van der Waals surface area contributed by atoms with Gasteiger partial charge in [0.25, 0.3) is 0 Å². The van der Waals surface area contributed by atoms with Gasteiger partial charge < -0.3 is 9.64 Å². The van der Waals surface area contributed by atoms with Gasteiger partial charge in [0.05, 0.1) is 13.0 Å². The first-order valence-corrected chi connectivity index (χ1v) is 7.55. The van der Waals surface area contributed by atoms with Crippen LogP contribution in [0.3, 0.4) is 0 Å². The predicted molar refractivity (Wildman–Crippen MR) is 76.7 cm³/mol. The van der Waals surface area contributed by atoms with Crippen molar-refractivity contribution < 1.29 is 9.53 Å². The highest BCUT2D eigenvalue weighted by atomic mass is 16.5. The van der Waals surface area contributed by atoms with E-state index < -0.39 is 0 Å². The van der Waals surface area contributed by atoms with Crippen LogP contribution in [0.1, 0.15) is 59.8 Å². The van der Waals surface area contributed by atoms with Crippen LogP contribution in [-0.2, 0) is 9.53 Å². The minimum absolute atomic E-state index is 0.0446. The van der Waals surface area contributed by atoms with Crippen molar-refractivity contribution in [3.8, 4) is 0 Å². The summed E-state index contributed by atoms with van der Waals surface area (Å²) in [6.07, 6.45) is 5.24. The van der Waals surface area contributed by atoms with E-state index in [1.807, 2.05) is 0 Å². The van der Waals surface area contributed by atoms with Gasteiger partial charge in [-0.1, -0.05) is 47.0 Å². The molecule has 0 N–H and O–H groups in total. The van der Waals surface area contributed by atoms with Crippen LogP contribution in [0.4, 0.5) is 0 Å². The molecule has 0 aromatic heterocycles. The number of ether oxygens (including phenoxy) is 1. The van der Waals surface area contributed by atoms with Crippen LogP contribution in [0.5, 0.6) is 0 Å². The maximum atomic E-state index is 11.6. The van der Waals surface area contributed by atoms with Crippen molar-refractivity contribution in [2.75, 3.05) is 26.2 Å². The molecular weight excluding hydrogens is 226 g/mol. The predicted octanol–water partition coefficient (Wildman–Crippen LogP) is 3.48. The topological polar surface area (TPSA) is 29.5 Å². The maximum absolute atomic E-state index is 11.6. The van der Waals surface area contributed by atoms with E-state index in [1.54, 1.807) is 0 Å². The van der Waals surface area contributed by atoms with Crippen molar-refractivity contribution in [2.24, 2.45) is 5.92 Å². The SMILES string of the molecule is CCCCC(CC)COC(=O)CCN(CC)CC. The third kappa shape index (κ3) is 8.51. The monoisotopic (exact) mass is 257 g/mol. The van der Waals surface area contributed by atoms with Gasteiger partial charge in [0, 0.05) is 6.54 Å². The van der Waals surface area contributed by atoms with Crippen LogP contribution in [-0.4, -0.2) is 37.1 Å². The summed E-state index contributed by atoms with van der Waals surface area (Å²) in [7, 11) is 0. The van der Waals surface area contributed by atoms with Crippen LogP contribution in [0, 0.1) is 5.92 Å². The molecular formula is C15H31NO2.